The van der Waals surface area contributed by atoms with E-state index in [-0.39, 0.29) is 5.91 Å². The third-order valence-electron chi connectivity index (χ3n) is 3.33. The third-order valence-corrected chi connectivity index (χ3v) is 3.33. The fourth-order valence-corrected chi connectivity index (χ4v) is 2.18. The zero-order valence-corrected chi connectivity index (χ0v) is 12.1. The second kappa shape index (κ2) is 6.66. The van der Waals surface area contributed by atoms with Crippen LogP contribution in [0.3, 0.4) is 0 Å². The van der Waals surface area contributed by atoms with E-state index >= 15 is 0 Å². The van der Waals surface area contributed by atoms with Crippen LogP contribution in [-0.4, -0.2) is 28.8 Å². The van der Waals surface area contributed by atoms with Gasteiger partial charge in [0.05, 0.1) is 0 Å². The molecule has 2 heterocycles. The Balaban J connectivity index is 1.62. The molecule has 1 amide bonds. The van der Waals surface area contributed by atoms with Crippen molar-refractivity contribution >= 4 is 23.2 Å². The van der Waals surface area contributed by atoms with Gasteiger partial charge < -0.3 is 15.4 Å². The maximum Gasteiger partial charge on any atom is 0.254 e. The molecule has 1 aromatic carbocycles. The zero-order valence-electron chi connectivity index (χ0n) is 12.1. The van der Waals surface area contributed by atoms with Gasteiger partial charge >= 0.3 is 0 Å². The van der Waals surface area contributed by atoms with Gasteiger partial charge in [-0.1, -0.05) is 0 Å². The van der Waals surface area contributed by atoms with E-state index in [2.05, 4.69) is 20.8 Å². The van der Waals surface area contributed by atoms with E-state index in [1.165, 1.54) is 6.07 Å². The molecule has 6 nitrogen and oxygen atoms in total. The van der Waals surface area contributed by atoms with E-state index < -0.39 is 17.7 Å². The van der Waals surface area contributed by atoms with Gasteiger partial charge in [0.25, 0.3) is 5.91 Å². The van der Waals surface area contributed by atoms with Crippen LogP contribution in [0.25, 0.3) is 0 Å². The molecule has 1 fully saturated rings. The van der Waals surface area contributed by atoms with Crippen LogP contribution in [0.1, 0.15) is 12.8 Å². The van der Waals surface area contributed by atoms with Gasteiger partial charge in [-0.05, 0) is 37.1 Å². The predicted octanol–water partition coefficient (Wildman–Crippen LogP) is 2.62. The molecule has 1 saturated heterocycles. The van der Waals surface area contributed by atoms with Crippen molar-refractivity contribution in [2.75, 3.05) is 17.2 Å². The van der Waals surface area contributed by atoms with Gasteiger partial charge in [-0.15, -0.1) is 10.2 Å². The van der Waals surface area contributed by atoms with E-state index in [9.17, 15) is 13.6 Å². The maximum absolute atomic E-state index is 13.1. The summed E-state index contributed by atoms with van der Waals surface area (Å²) in [6.45, 7) is 0.584. The fourth-order valence-electron chi connectivity index (χ4n) is 2.18. The first kappa shape index (κ1) is 15.3. The Morgan fingerprint density at radius 2 is 1.91 bits per heavy atom. The molecule has 0 aliphatic carbocycles. The Labute approximate surface area is 130 Å². The minimum absolute atomic E-state index is 0.252. The number of rotatable bonds is 4. The number of aromatic nitrogens is 2. The smallest absolute Gasteiger partial charge is 0.254 e. The lowest BCUT2D eigenvalue weighted by molar-refractivity contribution is -0.124. The second-order valence-electron chi connectivity index (χ2n) is 5.05. The number of ether oxygens (including phenoxy) is 1. The topological polar surface area (TPSA) is 76.1 Å². The number of carbonyl (C=O) groups is 1. The molecule has 0 radical (unpaired) electrons. The zero-order chi connectivity index (χ0) is 16.2. The minimum Gasteiger partial charge on any atom is -0.368 e. The first-order valence-electron chi connectivity index (χ1n) is 7.10. The summed E-state index contributed by atoms with van der Waals surface area (Å²) in [6.07, 6.45) is 1.10. The lowest BCUT2D eigenvalue weighted by atomic mass is 10.2. The summed E-state index contributed by atoms with van der Waals surface area (Å²) >= 11 is 0. The molecule has 3 rings (SSSR count). The van der Waals surface area contributed by atoms with Crippen molar-refractivity contribution in [3.8, 4) is 0 Å². The third kappa shape index (κ3) is 3.78. The van der Waals surface area contributed by atoms with Crippen molar-refractivity contribution in [3.63, 3.8) is 0 Å². The lowest BCUT2D eigenvalue weighted by Gasteiger charge is -2.10. The van der Waals surface area contributed by atoms with E-state index in [0.717, 1.165) is 18.6 Å². The average Bonchev–Trinajstić information content (AvgIpc) is 3.07. The van der Waals surface area contributed by atoms with Crippen molar-refractivity contribution in [1.82, 2.24) is 10.2 Å². The van der Waals surface area contributed by atoms with E-state index in [1.807, 2.05) is 0 Å². The largest absolute Gasteiger partial charge is 0.368 e. The number of nitrogens with one attached hydrogen (secondary N) is 2. The number of amides is 1. The highest BCUT2D eigenvalue weighted by Gasteiger charge is 2.23. The van der Waals surface area contributed by atoms with Crippen molar-refractivity contribution in [3.05, 3.63) is 42.0 Å². The molecule has 0 spiro atoms. The predicted molar refractivity (Wildman–Crippen MR) is 79.3 cm³/mol. The van der Waals surface area contributed by atoms with Crippen molar-refractivity contribution in [2.24, 2.45) is 0 Å². The van der Waals surface area contributed by atoms with Gasteiger partial charge in [0.2, 0.25) is 0 Å². The molecule has 1 unspecified atom stereocenters. The summed E-state index contributed by atoms with van der Waals surface area (Å²) in [4.78, 5) is 11.9. The highest BCUT2D eigenvalue weighted by atomic mass is 19.2. The maximum atomic E-state index is 13.1. The summed E-state index contributed by atoms with van der Waals surface area (Å²) in [5, 5.41) is 13.1. The van der Waals surface area contributed by atoms with E-state index in [4.69, 9.17) is 4.74 Å². The number of anilines is 3. The molecule has 2 N–H and O–H groups in total. The van der Waals surface area contributed by atoms with Crippen molar-refractivity contribution in [1.29, 1.82) is 0 Å². The van der Waals surface area contributed by atoms with Gasteiger partial charge in [-0.3, -0.25) is 4.79 Å². The molecule has 120 valence electrons. The summed E-state index contributed by atoms with van der Waals surface area (Å²) < 4.78 is 31.3. The number of nitrogens with zero attached hydrogens (tertiary/aromatic N) is 2. The monoisotopic (exact) mass is 320 g/mol. The highest BCUT2D eigenvalue weighted by Crippen LogP contribution is 2.18. The molecule has 2 aromatic rings. The molecule has 0 bridgehead atoms. The second-order valence-corrected chi connectivity index (χ2v) is 5.05. The molecular formula is C15H14F2N4O2. The fraction of sp³-hybridized carbons (Fsp3) is 0.267. The first-order chi connectivity index (χ1) is 11.1. The molecule has 8 heteroatoms. The SMILES string of the molecule is O=C(Nc1ccc(Nc2ccc(F)c(F)c2)nn1)C1CCCO1. The first-order valence-corrected chi connectivity index (χ1v) is 7.10. The number of hydrogen-bond acceptors (Lipinski definition) is 5. The van der Waals surface area contributed by atoms with Crippen LogP contribution in [0.5, 0.6) is 0 Å². The lowest BCUT2D eigenvalue weighted by Crippen LogP contribution is -2.27. The Hall–Kier alpha value is -2.61. The highest BCUT2D eigenvalue weighted by molar-refractivity contribution is 5.93. The Morgan fingerprint density at radius 3 is 2.57 bits per heavy atom. The normalized spacial score (nSPS) is 17.0. The van der Waals surface area contributed by atoms with Crippen LogP contribution in [0.15, 0.2) is 30.3 Å². The molecular weight excluding hydrogens is 306 g/mol. The molecule has 0 saturated carbocycles. The summed E-state index contributed by atoms with van der Waals surface area (Å²) in [6, 6.07) is 6.54. The van der Waals surface area contributed by atoms with Gasteiger partial charge in [0.15, 0.2) is 23.3 Å². The molecule has 1 aliphatic rings. The van der Waals surface area contributed by atoms with Crippen LogP contribution < -0.4 is 10.6 Å². The minimum atomic E-state index is -0.955. The molecule has 23 heavy (non-hydrogen) atoms. The summed E-state index contributed by atoms with van der Waals surface area (Å²) in [5.41, 5.74) is 0.342. The Morgan fingerprint density at radius 1 is 1.13 bits per heavy atom. The van der Waals surface area contributed by atoms with Gasteiger partial charge in [-0.25, -0.2) is 8.78 Å². The number of halogens is 2. The van der Waals surface area contributed by atoms with Crippen molar-refractivity contribution < 1.29 is 18.3 Å². The number of benzene rings is 1. The quantitative estimate of drug-likeness (QED) is 0.905. The number of carbonyl (C=O) groups excluding carboxylic acids is 1. The van der Waals surface area contributed by atoms with Crippen LogP contribution in [-0.2, 0) is 9.53 Å². The molecule has 1 aromatic heterocycles. The van der Waals surface area contributed by atoms with Crippen molar-refractivity contribution in [2.45, 2.75) is 18.9 Å². The van der Waals surface area contributed by atoms with Crippen LogP contribution in [0.4, 0.5) is 26.1 Å². The molecule has 1 atom stereocenters. The Bertz CT molecular complexity index is 703. The van der Waals surface area contributed by atoms with Crippen LogP contribution in [0.2, 0.25) is 0 Å². The average molecular weight is 320 g/mol. The standard InChI is InChI=1S/C15H14F2N4O2/c16-10-4-3-9(8-11(10)17)18-13-5-6-14(21-20-13)19-15(22)12-2-1-7-23-12/h3-6,8,12H,1-2,7H2,(H,18,20)(H,19,21,22). The van der Waals surface area contributed by atoms with E-state index in [1.54, 1.807) is 12.1 Å². The van der Waals surface area contributed by atoms with Gasteiger partial charge in [0.1, 0.15) is 6.10 Å². The molecule has 1 aliphatic heterocycles. The summed E-state index contributed by atoms with van der Waals surface area (Å²) in [5.74, 6) is -1.50. The number of hydrogen-bond donors (Lipinski definition) is 2. The van der Waals surface area contributed by atoms with Crippen LogP contribution >= 0.6 is 0 Å². The Kier molecular flexibility index (Phi) is 4.42. The van der Waals surface area contributed by atoms with Crippen LogP contribution in [0, 0.1) is 11.6 Å². The summed E-state index contributed by atoms with van der Waals surface area (Å²) in [7, 11) is 0. The van der Waals surface area contributed by atoms with Gasteiger partial charge in [0, 0.05) is 18.4 Å². The van der Waals surface area contributed by atoms with Gasteiger partial charge in [-0.2, -0.15) is 0 Å². The van der Waals surface area contributed by atoms with E-state index in [0.29, 0.717) is 30.4 Å².